The number of nitrogens with zero attached hydrogens (tertiary/aromatic N) is 4. The SMILES string of the molecule is CCOC(=O)/N=[SH](=O)/c1cc(C)cc(Nc2ncnc(-c3ccccc3OC)n2)c1. The van der Waals surface area contributed by atoms with Gasteiger partial charge in [0.05, 0.1) is 29.9 Å². The highest BCUT2D eigenvalue weighted by Gasteiger charge is 2.10. The van der Waals surface area contributed by atoms with Crippen molar-refractivity contribution in [3.05, 3.63) is 54.4 Å². The minimum atomic E-state index is -2.29. The highest BCUT2D eigenvalue weighted by Crippen LogP contribution is 2.27. The maximum absolute atomic E-state index is 12.4. The molecule has 0 radical (unpaired) electrons. The molecular weight excluding hydrogens is 406 g/mol. The molecule has 0 aliphatic heterocycles. The van der Waals surface area contributed by atoms with Crippen LogP contribution in [0.15, 0.2) is 58.1 Å². The molecule has 1 aromatic heterocycles. The number of methoxy groups -OCH3 is 1. The van der Waals surface area contributed by atoms with Crippen LogP contribution in [0.1, 0.15) is 12.5 Å². The number of anilines is 2. The van der Waals surface area contributed by atoms with Gasteiger partial charge in [0.2, 0.25) is 5.95 Å². The third-order valence-electron chi connectivity index (χ3n) is 3.90. The minimum Gasteiger partial charge on any atom is -0.496 e. The molecule has 10 heteroatoms. The molecule has 2 aromatic carbocycles. The number of hydrogen-bond acceptors (Lipinski definition) is 8. The summed E-state index contributed by atoms with van der Waals surface area (Å²) in [7, 11) is -0.713. The number of nitrogens with one attached hydrogen (secondary N) is 1. The quantitative estimate of drug-likeness (QED) is 0.571. The summed E-state index contributed by atoms with van der Waals surface area (Å²) in [4.78, 5) is 24.7. The number of aromatic nitrogens is 3. The van der Waals surface area contributed by atoms with Crippen LogP contribution < -0.4 is 10.1 Å². The summed E-state index contributed by atoms with van der Waals surface area (Å²) in [6, 6.07) is 12.6. The van der Waals surface area contributed by atoms with Crippen LogP contribution in [0.2, 0.25) is 0 Å². The van der Waals surface area contributed by atoms with Crippen LogP contribution in [0.3, 0.4) is 0 Å². The topological polar surface area (TPSA) is 116 Å². The molecule has 0 saturated carbocycles. The Kier molecular flexibility index (Phi) is 6.91. The van der Waals surface area contributed by atoms with Crippen molar-refractivity contribution in [1.29, 1.82) is 0 Å². The van der Waals surface area contributed by atoms with E-state index >= 15 is 0 Å². The van der Waals surface area contributed by atoms with Crippen molar-refractivity contribution in [2.75, 3.05) is 19.0 Å². The average molecular weight is 427 g/mol. The van der Waals surface area contributed by atoms with E-state index in [0.717, 1.165) is 11.1 Å². The number of ether oxygens (including phenoxy) is 2. The third kappa shape index (κ3) is 5.29. The maximum atomic E-state index is 12.4. The molecule has 30 heavy (non-hydrogen) atoms. The number of para-hydroxylation sites is 1. The van der Waals surface area contributed by atoms with Crippen molar-refractivity contribution in [1.82, 2.24) is 15.0 Å². The number of carbonyl (C=O) groups is 1. The summed E-state index contributed by atoms with van der Waals surface area (Å²) in [5.74, 6) is 1.39. The summed E-state index contributed by atoms with van der Waals surface area (Å²) in [6.07, 6.45) is 0.540. The Morgan fingerprint density at radius 2 is 2.00 bits per heavy atom. The van der Waals surface area contributed by atoms with E-state index in [4.69, 9.17) is 9.47 Å². The first kappa shape index (κ1) is 21.2. The van der Waals surface area contributed by atoms with Gasteiger partial charge in [-0.1, -0.05) is 12.1 Å². The zero-order valence-corrected chi connectivity index (χ0v) is 17.6. The van der Waals surface area contributed by atoms with E-state index in [1.807, 2.05) is 37.3 Å². The second-order valence-electron chi connectivity index (χ2n) is 6.09. The fraction of sp³-hybridized carbons (Fsp3) is 0.200. The lowest BCUT2D eigenvalue weighted by atomic mass is 10.2. The monoisotopic (exact) mass is 427 g/mol. The molecular formula is C20H21N5O4S. The molecule has 1 N–H and O–H groups in total. The van der Waals surface area contributed by atoms with Crippen molar-refractivity contribution in [2.24, 2.45) is 4.36 Å². The molecule has 1 heterocycles. The normalized spacial score (nSPS) is 11.7. The molecule has 0 aliphatic carbocycles. The van der Waals surface area contributed by atoms with Crippen LogP contribution in [0.4, 0.5) is 16.4 Å². The zero-order chi connectivity index (χ0) is 21.5. The predicted molar refractivity (Wildman–Crippen MR) is 114 cm³/mol. The minimum absolute atomic E-state index is 0.167. The Morgan fingerprint density at radius 1 is 1.20 bits per heavy atom. The summed E-state index contributed by atoms with van der Waals surface area (Å²) in [6.45, 7) is 3.67. The van der Waals surface area contributed by atoms with E-state index in [9.17, 15) is 9.00 Å². The zero-order valence-electron chi connectivity index (χ0n) is 16.7. The summed E-state index contributed by atoms with van der Waals surface area (Å²) < 4.78 is 26.0. The molecule has 1 amide bonds. The third-order valence-corrected chi connectivity index (χ3v) is 4.94. The maximum Gasteiger partial charge on any atom is 0.441 e. The molecule has 1 atom stereocenters. The van der Waals surface area contributed by atoms with Gasteiger partial charge in [-0.3, -0.25) is 0 Å². The van der Waals surface area contributed by atoms with Crippen LogP contribution in [0, 0.1) is 6.92 Å². The molecule has 0 bridgehead atoms. The second kappa shape index (κ2) is 9.79. The Hall–Kier alpha value is -3.53. The molecule has 3 aromatic rings. The van der Waals surface area contributed by atoms with Gasteiger partial charge in [-0.2, -0.15) is 4.98 Å². The van der Waals surface area contributed by atoms with Crippen LogP contribution in [-0.2, 0) is 15.3 Å². The van der Waals surface area contributed by atoms with Gasteiger partial charge in [0.25, 0.3) is 0 Å². The van der Waals surface area contributed by atoms with Crippen LogP contribution in [-0.4, -0.2) is 39.0 Å². The smallest absolute Gasteiger partial charge is 0.441 e. The summed E-state index contributed by atoms with van der Waals surface area (Å²) in [5.41, 5.74) is 2.16. The molecule has 156 valence electrons. The van der Waals surface area contributed by atoms with Gasteiger partial charge in [0, 0.05) is 10.6 Å². The lowest BCUT2D eigenvalue weighted by Crippen LogP contribution is -2.02. The highest BCUT2D eigenvalue weighted by molar-refractivity contribution is 7.75. The number of amides is 1. The first-order valence-electron chi connectivity index (χ1n) is 9.07. The first-order valence-corrected chi connectivity index (χ1v) is 10.3. The fourth-order valence-electron chi connectivity index (χ4n) is 2.67. The van der Waals surface area contributed by atoms with Gasteiger partial charge < -0.3 is 14.8 Å². The van der Waals surface area contributed by atoms with Crippen molar-refractivity contribution in [2.45, 2.75) is 18.7 Å². The van der Waals surface area contributed by atoms with Gasteiger partial charge in [-0.25, -0.2) is 19.0 Å². The van der Waals surface area contributed by atoms with E-state index in [2.05, 4.69) is 24.6 Å². The van der Waals surface area contributed by atoms with Crippen molar-refractivity contribution in [3.63, 3.8) is 0 Å². The van der Waals surface area contributed by atoms with E-state index in [0.29, 0.717) is 28.1 Å². The Bertz CT molecular complexity index is 1150. The summed E-state index contributed by atoms with van der Waals surface area (Å²) in [5, 5.41) is 3.08. The Labute approximate surface area is 175 Å². The molecule has 0 spiro atoms. The number of benzene rings is 2. The lowest BCUT2D eigenvalue weighted by Gasteiger charge is -2.10. The van der Waals surface area contributed by atoms with E-state index in [1.54, 1.807) is 26.2 Å². The Balaban J connectivity index is 1.89. The molecule has 3 rings (SSSR count). The number of rotatable bonds is 6. The van der Waals surface area contributed by atoms with Crippen LogP contribution in [0.25, 0.3) is 11.4 Å². The predicted octanol–water partition coefficient (Wildman–Crippen LogP) is 3.78. The van der Waals surface area contributed by atoms with Gasteiger partial charge in [0.15, 0.2) is 5.82 Å². The van der Waals surface area contributed by atoms with Crippen molar-refractivity contribution in [3.8, 4) is 17.1 Å². The first-order chi connectivity index (χ1) is 14.5. The number of aryl methyl sites for hydroxylation is 1. The van der Waals surface area contributed by atoms with E-state index in [1.165, 1.54) is 6.33 Å². The van der Waals surface area contributed by atoms with Gasteiger partial charge in [-0.15, -0.1) is 4.36 Å². The van der Waals surface area contributed by atoms with E-state index < -0.39 is 16.7 Å². The molecule has 0 fully saturated rings. The summed E-state index contributed by atoms with van der Waals surface area (Å²) >= 11 is 0. The number of hydrogen-bond donors (Lipinski definition) is 2. The standard InChI is InChI=1S/C20H21N5O4S/c1-4-29-20(26)25-30(27)15-10-13(2)9-14(11-15)23-19-22-12-21-18(24-19)16-7-5-6-8-17(16)28-3/h5-12,30H,4H2,1-3H3,(H,21,22,23,24). The molecule has 9 nitrogen and oxygen atoms in total. The molecule has 1 unspecified atom stereocenters. The lowest BCUT2D eigenvalue weighted by molar-refractivity contribution is 0.164. The number of carbonyl (C=O) groups excluding carboxylic acids is 1. The van der Waals surface area contributed by atoms with Crippen molar-refractivity contribution >= 4 is 28.3 Å². The Morgan fingerprint density at radius 3 is 2.77 bits per heavy atom. The van der Waals surface area contributed by atoms with Gasteiger partial charge >= 0.3 is 6.09 Å². The van der Waals surface area contributed by atoms with Gasteiger partial charge in [-0.05, 0) is 49.7 Å². The van der Waals surface area contributed by atoms with Crippen molar-refractivity contribution < 1.29 is 18.5 Å². The van der Waals surface area contributed by atoms with Crippen LogP contribution >= 0.6 is 0 Å². The van der Waals surface area contributed by atoms with Gasteiger partial charge in [0.1, 0.15) is 12.1 Å². The number of thiol groups is 1. The molecule has 0 saturated heterocycles. The average Bonchev–Trinajstić information content (AvgIpc) is 2.73. The van der Waals surface area contributed by atoms with E-state index in [-0.39, 0.29) is 6.61 Å². The highest BCUT2D eigenvalue weighted by atomic mass is 32.2. The largest absolute Gasteiger partial charge is 0.496 e. The molecule has 0 aliphatic rings. The van der Waals surface area contributed by atoms with Crippen LogP contribution in [0.5, 0.6) is 5.75 Å². The fourth-order valence-corrected chi connectivity index (χ4v) is 3.56. The second-order valence-corrected chi connectivity index (χ2v) is 7.35.